The van der Waals surface area contributed by atoms with Gasteiger partial charge in [-0.25, -0.2) is 5.01 Å². The summed E-state index contributed by atoms with van der Waals surface area (Å²) in [7, 11) is 0. The smallest absolute Gasteiger partial charge is 0.267 e. The fraction of sp³-hybridized carbons (Fsp3) is 0.417. The van der Waals surface area contributed by atoms with Crippen LogP contribution < -0.4 is 5.43 Å². The van der Waals surface area contributed by atoms with Crippen LogP contribution in [0.25, 0.3) is 0 Å². The molecule has 2 amide bonds. The molecule has 2 rings (SSSR count). The summed E-state index contributed by atoms with van der Waals surface area (Å²) >= 11 is 0. The third-order valence-electron chi connectivity index (χ3n) is 4.59. The standard InChI is InChI=1S/C24H32N2O2/c1-7-8-9-19-10-12-20(13-11-19)22(27)25-26(24(4,5)6)23(28)21-15-17(2)14-18(3)16-21/h10-16H,7-9H2,1-6H3,(H,25,27). The Balaban J connectivity index is 2.22. The number of hydrogen-bond acceptors (Lipinski definition) is 2. The van der Waals surface area contributed by atoms with Crippen LogP contribution in [0.4, 0.5) is 0 Å². The third-order valence-corrected chi connectivity index (χ3v) is 4.59. The van der Waals surface area contributed by atoms with Crippen LogP contribution in [-0.4, -0.2) is 22.4 Å². The number of benzene rings is 2. The van der Waals surface area contributed by atoms with E-state index in [2.05, 4.69) is 12.3 Å². The summed E-state index contributed by atoms with van der Waals surface area (Å²) in [6.07, 6.45) is 3.29. The van der Waals surface area contributed by atoms with Gasteiger partial charge in [0, 0.05) is 11.1 Å². The van der Waals surface area contributed by atoms with E-state index >= 15 is 0 Å². The second-order valence-corrected chi connectivity index (χ2v) is 8.43. The SMILES string of the molecule is CCCCc1ccc(C(=O)NN(C(=O)c2cc(C)cc(C)c2)C(C)(C)C)cc1. The minimum atomic E-state index is -0.564. The quantitative estimate of drug-likeness (QED) is 0.722. The zero-order valence-electron chi connectivity index (χ0n) is 17.9. The molecule has 4 nitrogen and oxygen atoms in total. The van der Waals surface area contributed by atoms with Crippen LogP contribution >= 0.6 is 0 Å². The highest BCUT2D eigenvalue weighted by molar-refractivity contribution is 5.99. The van der Waals surface area contributed by atoms with Crippen LogP contribution in [0.15, 0.2) is 42.5 Å². The maximum Gasteiger partial charge on any atom is 0.272 e. The van der Waals surface area contributed by atoms with Crippen LogP contribution in [0, 0.1) is 13.8 Å². The van der Waals surface area contributed by atoms with Gasteiger partial charge in [0.25, 0.3) is 11.8 Å². The Morgan fingerprint density at radius 2 is 1.50 bits per heavy atom. The molecule has 0 saturated heterocycles. The Bertz CT molecular complexity index is 812. The number of hydrogen-bond donors (Lipinski definition) is 1. The van der Waals surface area contributed by atoms with E-state index in [0.29, 0.717) is 11.1 Å². The van der Waals surface area contributed by atoms with Crippen molar-refractivity contribution in [3.05, 3.63) is 70.3 Å². The lowest BCUT2D eigenvalue weighted by atomic mass is 10.0. The van der Waals surface area contributed by atoms with Crippen LogP contribution in [0.2, 0.25) is 0 Å². The Kier molecular flexibility index (Phi) is 7.00. The van der Waals surface area contributed by atoms with E-state index < -0.39 is 5.54 Å². The first-order chi connectivity index (χ1) is 13.1. The number of rotatable bonds is 5. The lowest BCUT2D eigenvalue weighted by Gasteiger charge is -2.35. The minimum absolute atomic E-state index is 0.216. The molecule has 0 saturated carbocycles. The molecule has 0 aromatic heterocycles. The first-order valence-electron chi connectivity index (χ1n) is 9.94. The minimum Gasteiger partial charge on any atom is -0.267 e. The molecule has 0 unspecified atom stereocenters. The Morgan fingerprint density at radius 3 is 2.00 bits per heavy atom. The molecule has 0 spiro atoms. The fourth-order valence-electron chi connectivity index (χ4n) is 3.12. The predicted molar refractivity (Wildman–Crippen MR) is 114 cm³/mol. The highest BCUT2D eigenvalue weighted by Gasteiger charge is 2.29. The van der Waals surface area contributed by atoms with E-state index in [1.807, 2.05) is 77.1 Å². The van der Waals surface area contributed by atoms with Gasteiger partial charge in [-0.15, -0.1) is 0 Å². The van der Waals surface area contributed by atoms with Gasteiger partial charge in [0.05, 0.1) is 5.54 Å². The van der Waals surface area contributed by atoms with Gasteiger partial charge in [-0.1, -0.05) is 42.7 Å². The molecule has 0 atom stereocenters. The molecule has 1 N–H and O–H groups in total. The van der Waals surface area contributed by atoms with Crippen LogP contribution in [0.1, 0.15) is 77.9 Å². The van der Waals surface area contributed by atoms with Crippen molar-refractivity contribution in [1.82, 2.24) is 10.4 Å². The maximum atomic E-state index is 13.1. The molecule has 4 heteroatoms. The van der Waals surface area contributed by atoms with E-state index in [9.17, 15) is 9.59 Å². The second kappa shape index (κ2) is 9.05. The van der Waals surface area contributed by atoms with Gasteiger partial charge >= 0.3 is 0 Å². The van der Waals surface area contributed by atoms with Crippen molar-refractivity contribution in [2.24, 2.45) is 0 Å². The molecule has 150 valence electrons. The topological polar surface area (TPSA) is 49.4 Å². The largest absolute Gasteiger partial charge is 0.272 e. The Morgan fingerprint density at radius 1 is 0.929 bits per heavy atom. The van der Waals surface area contributed by atoms with Crippen molar-refractivity contribution in [2.45, 2.75) is 66.3 Å². The zero-order chi connectivity index (χ0) is 20.9. The molecule has 28 heavy (non-hydrogen) atoms. The molecule has 2 aromatic carbocycles. The summed E-state index contributed by atoms with van der Waals surface area (Å²) in [4.78, 5) is 25.9. The number of carbonyl (C=O) groups excluding carboxylic acids is 2. The van der Waals surface area contributed by atoms with E-state index in [4.69, 9.17) is 0 Å². The number of aryl methyl sites for hydroxylation is 3. The Hall–Kier alpha value is -2.62. The average Bonchev–Trinajstić information content (AvgIpc) is 2.62. The van der Waals surface area contributed by atoms with Crippen LogP contribution in [-0.2, 0) is 6.42 Å². The van der Waals surface area contributed by atoms with E-state index in [0.717, 1.165) is 30.4 Å². The molecule has 2 aromatic rings. The van der Waals surface area contributed by atoms with Gasteiger partial charge in [0.2, 0.25) is 0 Å². The molecule has 0 heterocycles. The first-order valence-corrected chi connectivity index (χ1v) is 9.94. The number of nitrogens with zero attached hydrogens (tertiary/aromatic N) is 1. The van der Waals surface area contributed by atoms with Gasteiger partial charge in [0.15, 0.2) is 0 Å². The fourth-order valence-corrected chi connectivity index (χ4v) is 3.12. The predicted octanol–water partition coefficient (Wildman–Crippen LogP) is 5.23. The molecule has 0 bridgehead atoms. The van der Waals surface area contributed by atoms with Crippen molar-refractivity contribution in [2.75, 3.05) is 0 Å². The van der Waals surface area contributed by atoms with Gasteiger partial charge < -0.3 is 0 Å². The average molecular weight is 381 g/mol. The number of hydrazine groups is 1. The molecule has 0 aliphatic heterocycles. The zero-order valence-corrected chi connectivity index (χ0v) is 17.9. The molecule has 0 aliphatic carbocycles. The van der Waals surface area contributed by atoms with E-state index in [1.165, 1.54) is 10.6 Å². The molecule has 0 aliphatic rings. The first kappa shape index (κ1) is 21.7. The van der Waals surface area contributed by atoms with E-state index in [-0.39, 0.29) is 11.8 Å². The number of unbranched alkanes of at least 4 members (excludes halogenated alkanes) is 1. The number of nitrogens with one attached hydrogen (secondary N) is 1. The van der Waals surface area contributed by atoms with E-state index in [1.54, 1.807) is 0 Å². The summed E-state index contributed by atoms with van der Waals surface area (Å²) in [5, 5.41) is 1.43. The maximum absolute atomic E-state index is 13.1. The van der Waals surface area contributed by atoms with Gasteiger partial charge in [0.1, 0.15) is 0 Å². The number of carbonyl (C=O) groups is 2. The van der Waals surface area contributed by atoms with Crippen molar-refractivity contribution in [3.8, 4) is 0 Å². The molecular weight excluding hydrogens is 348 g/mol. The number of amides is 2. The van der Waals surface area contributed by atoms with Crippen molar-refractivity contribution >= 4 is 11.8 Å². The van der Waals surface area contributed by atoms with Gasteiger partial charge in [-0.05, 0) is 77.3 Å². The van der Waals surface area contributed by atoms with Crippen molar-refractivity contribution in [1.29, 1.82) is 0 Å². The summed E-state index contributed by atoms with van der Waals surface area (Å²) in [6, 6.07) is 13.3. The lowest BCUT2D eigenvalue weighted by Crippen LogP contribution is -2.55. The summed E-state index contributed by atoms with van der Waals surface area (Å²) in [5.74, 6) is -0.498. The summed E-state index contributed by atoms with van der Waals surface area (Å²) in [5.41, 5.74) is 6.63. The summed E-state index contributed by atoms with van der Waals surface area (Å²) < 4.78 is 0. The Labute approximate surface area is 168 Å². The monoisotopic (exact) mass is 380 g/mol. The highest BCUT2D eigenvalue weighted by Crippen LogP contribution is 2.18. The van der Waals surface area contributed by atoms with Crippen molar-refractivity contribution in [3.63, 3.8) is 0 Å². The summed E-state index contributed by atoms with van der Waals surface area (Å²) in [6.45, 7) is 11.8. The van der Waals surface area contributed by atoms with Crippen LogP contribution in [0.5, 0.6) is 0 Å². The van der Waals surface area contributed by atoms with Crippen LogP contribution in [0.3, 0.4) is 0 Å². The lowest BCUT2D eigenvalue weighted by molar-refractivity contribution is 0.0358. The third kappa shape index (κ3) is 5.69. The highest BCUT2D eigenvalue weighted by atomic mass is 16.2. The van der Waals surface area contributed by atoms with Crippen molar-refractivity contribution < 1.29 is 9.59 Å². The molecule has 0 radical (unpaired) electrons. The van der Waals surface area contributed by atoms with Gasteiger partial charge in [-0.3, -0.25) is 15.0 Å². The second-order valence-electron chi connectivity index (χ2n) is 8.43. The normalized spacial score (nSPS) is 11.2. The van der Waals surface area contributed by atoms with Gasteiger partial charge in [-0.2, -0.15) is 0 Å². The molecule has 0 fully saturated rings. The molecular formula is C24H32N2O2.